The normalized spacial score (nSPS) is 18.1. The highest BCUT2D eigenvalue weighted by Crippen LogP contribution is 2.34. The van der Waals surface area contributed by atoms with Gasteiger partial charge in [0.1, 0.15) is 0 Å². The number of carbonyl (C=O) groups excluding carboxylic acids is 1. The molecule has 3 aromatic heterocycles. The summed E-state index contributed by atoms with van der Waals surface area (Å²) in [5, 5.41) is 16.7. The number of aromatic amines is 1. The van der Waals surface area contributed by atoms with Crippen LogP contribution in [0.5, 0.6) is 0 Å². The number of aromatic nitrogens is 5. The molecule has 0 aromatic carbocycles. The quantitative estimate of drug-likeness (QED) is 0.772. The monoisotopic (exact) mass is 364 g/mol. The number of rotatable bonds is 3. The third kappa shape index (κ3) is 3.06. The molecule has 7 nitrogen and oxygen atoms in total. The van der Waals surface area contributed by atoms with Crippen molar-refractivity contribution in [1.82, 2.24) is 30.3 Å². The standard InChI is InChI=1S/C16H15F3N6O/c17-16(18,19)4-1-12(26)25-6-3-9(8-25)11-7-21-22-15-13(11)10-2-5-20-14(10)23-24-15/h2,5,7,9H,1,3-4,6,8H2,(H,22,24). The van der Waals surface area contributed by atoms with E-state index in [1.807, 2.05) is 6.07 Å². The van der Waals surface area contributed by atoms with E-state index >= 15 is 0 Å². The number of carbonyl (C=O) groups is 1. The second-order valence-electron chi connectivity index (χ2n) is 6.37. The van der Waals surface area contributed by atoms with E-state index in [2.05, 4.69) is 25.4 Å². The minimum Gasteiger partial charge on any atom is -0.342 e. The number of H-pyrrole nitrogens is 1. The molecule has 1 aliphatic heterocycles. The predicted octanol–water partition coefficient (Wildman–Crippen LogP) is 2.56. The number of nitrogens with one attached hydrogen (secondary N) is 1. The summed E-state index contributed by atoms with van der Waals surface area (Å²) in [5.41, 5.74) is 1.94. The molecule has 0 spiro atoms. The van der Waals surface area contributed by atoms with Gasteiger partial charge in [-0.15, -0.1) is 10.2 Å². The van der Waals surface area contributed by atoms with Crippen molar-refractivity contribution < 1.29 is 18.0 Å². The van der Waals surface area contributed by atoms with Gasteiger partial charge in [0.2, 0.25) is 5.91 Å². The Hall–Kier alpha value is -2.78. The summed E-state index contributed by atoms with van der Waals surface area (Å²) in [6.07, 6.45) is -1.93. The lowest BCUT2D eigenvalue weighted by Gasteiger charge is -2.18. The van der Waals surface area contributed by atoms with E-state index in [4.69, 9.17) is 0 Å². The zero-order valence-electron chi connectivity index (χ0n) is 13.6. The Bertz CT molecular complexity index is 969. The smallest absolute Gasteiger partial charge is 0.342 e. The van der Waals surface area contributed by atoms with Crippen molar-refractivity contribution in [2.45, 2.75) is 31.4 Å². The van der Waals surface area contributed by atoms with Crippen LogP contribution in [0.15, 0.2) is 18.5 Å². The number of alkyl halides is 3. The number of nitrogens with zero attached hydrogens (tertiary/aromatic N) is 5. The summed E-state index contributed by atoms with van der Waals surface area (Å²) in [6.45, 7) is 0.803. The second-order valence-corrected chi connectivity index (χ2v) is 6.37. The molecule has 136 valence electrons. The zero-order chi connectivity index (χ0) is 18.3. The topological polar surface area (TPSA) is 87.7 Å². The predicted molar refractivity (Wildman–Crippen MR) is 86.2 cm³/mol. The minimum absolute atomic E-state index is 0.0169. The summed E-state index contributed by atoms with van der Waals surface area (Å²) in [5.74, 6) is -0.485. The lowest BCUT2D eigenvalue weighted by Crippen LogP contribution is -2.29. The molecular weight excluding hydrogens is 349 g/mol. The van der Waals surface area contributed by atoms with E-state index in [0.717, 1.165) is 16.3 Å². The molecule has 0 aliphatic carbocycles. The Morgan fingerprint density at radius 2 is 2.19 bits per heavy atom. The fourth-order valence-corrected chi connectivity index (χ4v) is 3.43. The Morgan fingerprint density at radius 1 is 1.35 bits per heavy atom. The molecule has 10 heteroatoms. The van der Waals surface area contributed by atoms with Crippen molar-refractivity contribution >= 4 is 28.0 Å². The largest absolute Gasteiger partial charge is 0.389 e. The van der Waals surface area contributed by atoms with E-state index in [0.29, 0.717) is 30.8 Å². The first kappa shape index (κ1) is 16.7. The molecule has 1 saturated heterocycles. The Labute approximate surface area is 145 Å². The first-order valence-electron chi connectivity index (χ1n) is 8.21. The second kappa shape index (κ2) is 6.19. The number of halogens is 3. The van der Waals surface area contributed by atoms with E-state index in [-0.39, 0.29) is 5.92 Å². The van der Waals surface area contributed by atoms with E-state index in [1.54, 1.807) is 12.4 Å². The van der Waals surface area contributed by atoms with Crippen LogP contribution in [0.4, 0.5) is 13.2 Å². The van der Waals surface area contributed by atoms with Gasteiger partial charge >= 0.3 is 6.18 Å². The van der Waals surface area contributed by atoms with Gasteiger partial charge in [-0.3, -0.25) is 9.89 Å². The average Bonchev–Trinajstić information content (AvgIpc) is 3.27. The van der Waals surface area contributed by atoms with Crippen LogP contribution in [-0.4, -0.2) is 55.5 Å². The van der Waals surface area contributed by atoms with Crippen molar-refractivity contribution in [2.24, 2.45) is 0 Å². The van der Waals surface area contributed by atoms with Gasteiger partial charge < -0.3 is 4.90 Å². The first-order valence-corrected chi connectivity index (χ1v) is 8.21. The number of fused-ring (bicyclic) bond motifs is 3. The summed E-state index contributed by atoms with van der Waals surface area (Å²) >= 11 is 0. The van der Waals surface area contributed by atoms with Crippen molar-refractivity contribution in [3.05, 3.63) is 24.0 Å². The molecule has 0 bridgehead atoms. The minimum atomic E-state index is -4.32. The van der Waals surface area contributed by atoms with Gasteiger partial charge in [0.25, 0.3) is 0 Å². The van der Waals surface area contributed by atoms with Gasteiger partial charge in [0.05, 0.1) is 12.6 Å². The Morgan fingerprint density at radius 3 is 3.00 bits per heavy atom. The highest BCUT2D eigenvalue weighted by molar-refractivity contribution is 6.03. The fourth-order valence-electron chi connectivity index (χ4n) is 3.43. The molecule has 0 radical (unpaired) electrons. The van der Waals surface area contributed by atoms with Crippen LogP contribution in [0, 0.1) is 0 Å². The third-order valence-corrected chi connectivity index (χ3v) is 4.70. The molecular formula is C16H15F3N6O. The van der Waals surface area contributed by atoms with Gasteiger partial charge in [0, 0.05) is 42.4 Å². The maximum Gasteiger partial charge on any atom is 0.389 e. The summed E-state index contributed by atoms with van der Waals surface area (Å²) in [7, 11) is 0. The van der Waals surface area contributed by atoms with Gasteiger partial charge in [-0.2, -0.15) is 18.3 Å². The first-order chi connectivity index (χ1) is 12.4. The number of hydrogen-bond donors (Lipinski definition) is 1. The highest BCUT2D eigenvalue weighted by Gasteiger charge is 2.33. The molecule has 1 atom stereocenters. The van der Waals surface area contributed by atoms with Crippen LogP contribution >= 0.6 is 0 Å². The molecule has 0 saturated carbocycles. The van der Waals surface area contributed by atoms with Crippen LogP contribution in [0.3, 0.4) is 0 Å². The Balaban J connectivity index is 1.59. The van der Waals surface area contributed by atoms with Crippen LogP contribution in [0.25, 0.3) is 22.1 Å². The van der Waals surface area contributed by atoms with Gasteiger partial charge in [-0.1, -0.05) is 0 Å². The molecule has 1 unspecified atom stereocenters. The Kier molecular flexibility index (Phi) is 3.97. The molecule has 4 heterocycles. The van der Waals surface area contributed by atoms with Crippen molar-refractivity contribution in [3.8, 4) is 0 Å². The lowest BCUT2D eigenvalue weighted by atomic mass is 9.96. The number of amides is 1. The molecule has 3 aromatic rings. The summed E-state index contributed by atoms with van der Waals surface area (Å²) < 4.78 is 37.0. The van der Waals surface area contributed by atoms with Crippen LogP contribution in [0.1, 0.15) is 30.7 Å². The van der Waals surface area contributed by atoms with E-state index in [9.17, 15) is 18.0 Å². The molecule has 1 fully saturated rings. The number of likely N-dealkylation sites (tertiary alicyclic amines) is 1. The summed E-state index contributed by atoms with van der Waals surface area (Å²) in [6, 6.07) is 1.84. The van der Waals surface area contributed by atoms with Crippen LogP contribution < -0.4 is 0 Å². The lowest BCUT2D eigenvalue weighted by molar-refractivity contribution is -0.148. The maximum absolute atomic E-state index is 12.3. The van der Waals surface area contributed by atoms with Crippen LogP contribution in [0.2, 0.25) is 0 Å². The molecule has 4 rings (SSSR count). The van der Waals surface area contributed by atoms with Crippen LogP contribution in [-0.2, 0) is 4.79 Å². The average molecular weight is 364 g/mol. The SMILES string of the molecule is O=C(CCC(F)(F)F)N1CCC(c2cn[nH]c3nnc4nccc4c23)C1. The van der Waals surface area contributed by atoms with Crippen molar-refractivity contribution in [2.75, 3.05) is 13.1 Å². The van der Waals surface area contributed by atoms with Crippen molar-refractivity contribution in [1.29, 1.82) is 0 Å². The van der Waals surface area contributed by atoms with Gasteiger partial charge in [0.15, 0.2) is 11.3 Å². The molecule has 1 aliphatic rings. The van der Waals surface area contributed by atoms with E-state index in [1.165, 1.54) is 4.90 Å². The molecule has 1 N–H and O–H groups in total. The van der Waals surface area contributed by atoms with Gasteiger partial charge in [-0.25, -0.2) is 4.98 Å². The van der Waals surface area contributed by atoms with E-state index < -0.39 is 24.9 Å². The van der Waals surface area contributed by atoms with Gasteiger partial charge in [-0.05, 0) is 18.1 Å². The zero-order valence-corrected chi connectivity index (χ0v) is 13.6. The maximum atomic E-state index is 12.3. The molecule has 1 amide bonds. The third-order valence-electron chi connectivity index (χ3n) is 4.70. The molecule has 26 heavy (non-hydrogen) atoms. The summed E-state index contributed by atoms with van der Waals surface area (Å²) in [4.78, 5) is 17.7. The van der Waals surface area contributed by atoms with Crippen molar-refractivity contribution in [3.63, 3.8) is 0 Å². The number of hydrogen-bond acceptors (Lipinski definition) is 5. The highest BCUT2D eigenvalue weighted by atomic mass is 19.4. The fraction of sp³-hybridized carbons (Fsp3) is 0.438.